The largest absolute Gasteiger partial charge is 0.375 e. The molecule has 0 radical (unpaired) electrons. The Balaban J connectivity index is 0.000000587. The average Bonchev–Trinajstić information content (AvgIpc) is 2.93. The third-order valence-corrected chi connectivity index (χ3v) is 8.38. The summed E-state index contributed by atoms with van der Waals surface area (Å²) < 4.78 is 0. The number of hydrogen-bond acceptors (Lipinski definition) is 5. The van der Waals surface area contributed by atoms with Crippen molar-refractivity contribution in [3.8, 4) is 0 Å². The Kier molecular flexibility index (Phi) is 13.6. The summed E-state index contributed by atoms with van der Waals surface area (Å²) in [7, 11) is 0. The molecule has 5 nitrogen and oxygen atoms in total. The third kappa shape index (κ3) is 9.88. The van der Waals surface area contributed by atoms with Crippen molar-refractivity contribution in [2.45, 2.75) is 65.8 Å². The van der Waals surface area contributed by atoms with Crippen molar-refractivity contribution in [1.29, 1.82) is 0 Å². The normalized spacial score (nSPS) is 20.4. The number of nitrogens with zero attached hydrogens (tertiary/aromatic N) is 5. The van der Waals surface area contributed by atoms with Gasteiger partial charge in [0.1, 0.15) is 0 Å². The molecule has 0 N–H and O–H groups in total. The summed E-state index contributed by atoms with van der Waals surface area (Å²) in [6.45, 7) is 22.8. The highest BCUT2D eigenvalue weighted by Crippen LogP contribution is 2.27. The van der Waals surface area contributed by atoms with Gasteiger partial charge in [-0.25, -0.2) is 9.97 Å². The van der Waals surface area contributed by atoms with Gasteiger partial charge in [0.05, 0.1) is 0 Å². The second kappa shape index (κ2) is 17.4. The quantitative estimate of drug-likeness (QED) is 0.211. The second-order valence-corrected chi connectivity index (χ2v) is 11.0. The highest BCUT2D eigenvalue weighted by molar-refractivity contribution is 5.34. The van der Waals surface area contributed by atoms with Crippen LogP contribution in [-0.4, -0.2) is 65.1 Å². The van der Waals surface area contributed by atoms with Gasteiger partial charge in [-0.2, -0.15) is 0 Å². The molecule has 5 heteroatoms. The van der Waals surface area contributed by atoms with E-state index in [0.717, 1.165) is 69.8 Å². The first kappa shape index (κ1) is 32.1. The van der Waals surface area contributed by atoms with Crippen LogP contribution in [-0.2, 0) is 6.42 Å². The standard InChI is InChI=1S/C29H41N5.C7H10/c1-5-32(25(4)23(2)26-12-9-7-6-8-10-13-26)17-16-27-22-30-29(31-24(27)3)34-20-18-33(19-21-34)28-14-11-15-28;1-3-5-7-6-4-2/h6-7,9-10,13,22-23,28H,4-5,11-12,14-21H2,1-3H3;3-7H,1H2,2H3/b9-7-,26-13+;6-4-,7-5-. The maximum Gasteiger partial charge on any atom is 0.225 e. The number of likely N-dealkylation sites (N-methyl/N-ethyl adjacent to an activating group) is 1. The number of rotatable bonds is 11. The summed E-state index contributed by atoms with van der Waals surface area (Å²) in [4.78, 5) is 17.1. The summed E-state index contributed by atoms with van der Waals surface area (Å²) in [5.74, 6) is 1.20. The van der Waals surface area contributed by atoms with E-state index in [0.29, 0.717) is 5.92 Å². The molecule has 2 heterocycles. The van der Waals surface area contributed by atoms with E-state index >= 15 is 0 Å². The van der Waals surface area contributed by atoms with Crippen LogP contribution in [0.25, 0.3) is 0 Å². The summed E-state index contributed by atoms with van der Waals surface area (Å²) >= 11 is 0. The zero-order chi connectivity index (χ0) is 29.5. The monoisotopic (exact) mass is 553 g/mol. The van der Waals surface area contributed by atoms with Crippen LogP contribution in [0.5, 0.6) is 0 Å². The Hall–Kier alpha value is -3.40. The van der Waals surface area contributed by atoms with Crippen LogP contribution in [0.4, 0.5) is 5.95 Å². The predicted octanol–water partition coefficient (Wildman–Crippen LogP) is 7.38. The Bertz CT molecular complexity index is 1170. The molecule has 2 fully saturated rings. The molecular formula is C36H51N5. The van der Waals surface area contributed by atoms with E-state index in [1.165, 1.54) is 36.1 Å². The summed E-state index contributed by atoms with van der Waals surface area (Å²) in [6.07, 6.45) is 28.0. The Morgan fingerprint density at radius 1 is 1.17 bits per heavy atom. The number of piperazine rings is 1. The number of aromatic nitrogens is 2. The van der Waals surface area contributed by atoms with Gasteiger partial charge >= 0.3 is 0 Å². The van der Waals surface area contributed by atoms with Crippen LogP contribution >= 0.6 is 0 Å². The lowest BCUT2D eigenvalue weighted by Gasteiger charge is -2.42. The smallest absolute Gasteiger partial charge is 0.225 e. The topological polar surface area (TPSA) is 35.5 Å². The van der Waals surface area contributed by atoms with Crippen molar-refractivity contribution >= 4 is 5.95 Å². The van der Waals surface area contributed by atoms with E-state index < -0.39 is 0 Å². The molecule has 1 saturated heterocycles. The molecule has 1 aromatic heterocycles. The van der Waals surface area contributed by atoms with E-state index in [4.69, 9.17) is 9.97 Å². The van der Waals surface area contributed by atoms with Crippen molar-refractivity contribution < 1.29 is 0 Å². The minimum atomic E-state index is 0.305. The van der Waals surface area contributed by atoms with Crippen LogP contribution in [0.1, 0.15) is 57.7 Å². The highest BCUT2D eigenvalue weighted by atomic mass is 15.3. The van der Waals surface area contributed by atoms with E-state index in [1.54, 1.807) is 6.08 Å². The van der Waals surface area contributed by atoms with E-state index in [2.05, 4.69) is 78.8 Å². The number of aryl methyl sites for hydroxylation is 1. The van der Waals surface area contributed by atoms with Gasteiger partial charge in [0.15, 0.2) is 0 Å². The van der Waals surface area contributed by atoms with Crippen LogP contribution in [0.15, 0.2) is 97.1 Å². The molecule has 1 atom stereocenters. The van der Waals surface area contributed by atoms with Crippen LogP contribution < -0.4 is 4.90 Å². The zero-order valence-electron chi connectivity index (χ0n) is 25.9. The Labute approximate surface area is 249 Å². The Morgan fingerprint density at radius 2 is 1.95 bits per heavy atom. The fourth-order valence-electron chi connectivity index (χ4n) is 5.35. The lowest BCUT2D eigenvalue weighted by atomic mass is 9.91. The van der Waals surface area contributed by atoms with Gasteiger partial charge in [-0.1, -0.05) is 80.7 Å². The highest BCUT2D eigenvalue weighted by Gasteiger charge is 2.28. The number of hydrogen-bond donors (Lipinski definition) is 0. The molecule has 2 aliphatic carbocycles. The van der Waals surface area contributed by atoms with Gasteiger partial charge in [0.2, 0.25) is 5.95 Å². The number of anilines is 1. The van der Waals surface area contributed by atoms with E-state index in [1.807, 2.05) is 43.4 Å². The second-order valence-electron chi connectivity index (χ2n) is 11.0. The van der Waals surface area contributed by atoms with Gasteiger partial charge in [0.25, 0.3) is 0 Å². The van der Waals surface area contributed by atoms with Crippen LogP contribution in [0.3, 0.4) is 0 Å². The van der Waals surface area contributed by atoms with E-state index in [9.17, 15) is 0 Å². The molecule has 220 valence electrons. The van der Waals surface area contributed by atoms with Gasteiger partial charge < -0.3 is 9.80 Å². The Morgan fingerprint density at radius 3 is 2.59 bits per heavy atom. The van der Waals surface area contributed by atoms with Gasteiger partial charge in [-0.05, 0) is 64.2 Å². The molecule has 1 unspecified atom stereocenters. The zero-order valence-corrected chi connectivity index (χ0v) is 25.9. The molecule has 1 saturated carbocycles. The molecule has 0 bridgehead atoms. The van der Waals surface area contributed by atoms with Crippen molar-refractivity contribution in [3.63, 3.8) is 0 Å². The molecular weight excluding hydrogens is 502 g/mol. The number of allylic oxidation sites excluding steroid dienone is 10. The molecule has 0 amide bonds. The maximum atomic E-state index is 4.90. The maximum absolute atomic E-state index is 4.90. The van der Waals surface area contributed by atoms with E-state index in [-0.39, 0.29) is 0 Å². The minimum absolute atomic E-state index is 0.305. The third-order valence-electron chi connectivity index (χ3n) is 8.38. The van der Waals surface area contributed by atoms with Gasteiger partial charge in [-0.3, -0.25) is 4.90 Å². The molecule has 1 aromatic rings. The molecule has 0 aromatic carbocycles. The molecule has 4 rings (SSSR count). The first-order chi connectivity index (χ1) is 20.0. The fraction of sp³-hybridized carbons (Fsp3) is 0.472. The molecule has 1 aliphatic heterocycles. The lowest BCUT2D eigenvalue weighted by molar-refractivity contribution is 0.120. The summed E-state index contributed by atoms with van der Waals surface area (Å²) in [5, 5.41) is 0. The van der Waals surface area contributed by atoms with Crippen LogP contribution in [0, 0.1) is 12.8 Å². The predicted molar refractivity (Wildman–Crippen MR) is 176 cm³/mol. The molecule has 41 heavy (non-hydrogen) atoms. The first-order valence-electron chi connectivity index (χ1n) is 15.4. The summed E-state index contributed by atoms with van der Waals surface area (Å²) in [6, 6.07) is 0.833. The van der Waals surface area contributed by atoms with Crippen molar-refractivity contribution in [1.82, 2.24) is 19.8 Å². The minimum Gasteiger partial charge on any atom is -0.375 e. The molecule has 3 aliphatic rings. The van der Waals surface area contributed by atoms with Crippen molar-refractivity contribution in [3.05, 3.63) is 108 Å². The average molecular weight is 554 g/mol. The van der Waals surface area contributed by atoms with Crippen molar-refractivity contribution in [2.24, 2.45) is 5.92 Å². The summed E-state index contributed by atoms with van der Waals surface area (Å²) in [5.41, 5.74) is 8.06. The van der Waals surface area contributed by atoms with Gasteiger partial charge in [0, 0.05) is 68.8 Å². The fourth-order valence-corrected chi connectivity index (χ4v) is 5.35. The lowest BCUT2D eigenvalue weighted by Crippen LogP contribution is -2.52. The first-order valence-corrected chi connectivity index (χ1v) is 15.4. The van der Waals surface area contributed by atoms with Gasteiger partial charge in [-0.15, -0.1) is 5.73 Å². The molecule has 0 spiro atoms. The van der Waals surface area contributed by atoms with Crippen LogP contribution in [0.2, 0.25) is 0 Å². The van der Waals surface area contributed by atoms with Crippen molar-refractivity contribution in [2.75, 3.05) is 44.2 Å². The SMILES string of the molecule is C=C(C(C)/C1=C/C=C=C/C=C\C1)N(CC)CCc1cnc(N2CCN(C3CCC3)CC2)nc1C.C=C/C=C\C=C/C.